The number of hydrogen-bond donors (Lipinski definition) is 2. The summed E-state index contributed by atoms with van der Waals surface area (Å²) in [6, 6.07) is 44.2. The van der Waals surface area contributed by atoms with Crippen LogP contribution in [0, 0.1) is 0 Å². The van der Waals surface area contributed by atoms with E-state index in [2.05, 4.69) is 59.2 Å². The number of benzene rings is 5. The maximum Gasteiger partial charge on any atom is 0.257 e. The Morgan fingerprint density at radius 1 is 0.455 bits per heavy atom. The van der Waals surface area contributed by atoms with Crippen LogP contribution in [0.15, 0.2) is 133 Å². The highest BCUT2D eigenvalue weighted by molar-refractivity contribution is 6.02. The SMILES string of the molecule is O=C1c2ccccc2NC(c2ccc(C3Nc4ccccc4C(=O)N3CCc3ccccc3)cc2)N1CCc1ccccc1. The zero-order chi connectivity index (χ0) is 29.9. The van der Waals surface area contributed by atoms with Crippen LogP contribution in [0.25, 0.3) is 0 Å². The average molecular weight is 579 g/mol. The van der Waals surface area contributed by atoms with Gasteiger partial charge in [0.2, 0.25) is 0 Å². The van der Waals surface area contributed by atoms with E-state index >= 15 is 0 Å². The first-order valence-electron chi connectivity index (χ1n) is 15.2. The van der Waals surface area contributed by atoms with Gasteiger partial charge in [-0.3, -0.25) is 9.59 Å². The van der Waals surface area contributed by atoms with Crippen LogP contribution in [0.4, 0.5) is 11.4 Å². The van der Waals surface area contributed by atoms with E-state index in [9.17, 15) is 9.59 Å². The van der Waals surface area contributed by atoms with E-state index in [0.29, 0.717) is 24.2 Å². The Morgan fingerprint density at radius 2 is 0.818 bits per heavy atom. The number of anilines is 2. The molecular weight excluding hydrogens is 544 g/mol. The Balaban J connectivity index is 1.18. The Labute approximate surface area is 258 Å². The molecule has 0 spiro atoms. The van der Waals surface area contributed by atoms with Crippen molar-refractivity contribution in [3.8, 4) is 0 Å². The third kappa shape index (κ3) is 5.42. The molecule has 6 nitrogen and oxygen atoms in total. The number of nitrogens with one attached hydrogen (secondary N) is 2. The summed E-state index contributed by atoms with van der Waals surface area (Å²) in [4.78, 5) is 31.4. The monoisotopic (exact) mass is 578 g/mol. The van der Waals surface area contributed by atoms with E-state index in [1.54, 1.807) is 0 Å². The summed E-state index contributed by atoms with van der Waals surface area (Å²) >= 11 is 0. The van der Waals surface area contributed by atoms with E-state index in [0.717, 1.165) is 35.3 Å². The third-order valence-electron chi connectivity index (χ3n) is 8.58. The topological polar surface area (TPSA) is 64.7 Å². The van der Waals surface area contributed by atoms with Crippen molar-refractivity contribution in [1.29, 1.82) is 0 Å². The molecule has 2 amide bonds. The lowest BCUT2D eigenvalue weighted by atomic mass is 9.99. The van der Waals surface area contributed by atoms with Gasteiger partial charge in [-0.25, -0.2) is 0 Å². The molecule has 44 heavy (non-hydrogen) atoms. The molecule has 2 heterocycles. The molecule has 0 bridgehead atoms. The van der Waals surface area contributed by atoms with Crippen molar-refractivity contribution in [2.24, 2.45) is 0 Å². The minimum Gasteiger partial charge on any atom is -0.361 e. The lowest BCUT2D eigenvalue weighted by Crippen LogP contribution is -2.44. The quantitative estimate of drug-likeness (QED) is 0.203. The first-order valence-corrected chi connectivity index (χ1v) is 15.2. The predicted molar refractivity (Wildman–Crippen MR) is 174 cm³/mol. The summed E-state index contributed by atoms with van der Waals surface area (Å²) in [5.74, 6) is 0.0418. The second-order valence-electron chi connectivity index (χ2n) is 11.3. The summed E-state index contributed by atoms with van der Waals surface area (Å²) in [6.07, 6.45) is 0.890. The van der Waals surface area contributed by atoms with Crippen molar-refractivity contribution < 1.29 is 9.59 Å². The van der Waals surface area contributed by atoms with Gasteiger partial charge in [0, 0.05) is 24.5 Å². The smallest absolute Gasteiger partial charge is 0.257 e. The summed E-state index contributed by atoms with van der Waals surface area (Å²) in [5.41, 5.74) is 7.41. The molecule has 5 aromatic carbocycles. The molecule has 0 saturated carbocycles. The first kappa shape index (κ1) is 27.5. The number of nitrogens with zero attached hydrogens (tertiary/aromatic N) is 2. The standard InChI is InChI=1S/C38H34N4O2/c43-37-31-15-7-9-17-33(31)39-35(41(37)25-23-27-11-3-1-4-12-27)29-19-21-30(22-20-29)36-40-34-18-10-8-16-32(34)38(44)42(36)26-24-28-13-5-2-6-14-28/h1-22,35-36,39-40H,23-26H2. The number of fused-ring (bicyclic) bond motifs is 2. The lowest BCUT2D eigenvalue weighted by Gasteiger charge is -2.39. The summed E-state index contributed by atoms with van der Waals surface area (Å²) in [5, 5.41) is 7.24. The van der Waals surface area contributed by atoms with Crippen molar-refractivity contribution in [2.45, 2.75) is 25.2 Å². The van der Waals surface area contributed by atoms with Gasteiger partial charge in [-0.2, -0.15) is 0 Å². The number of para-hydroxylation sites is 2. The zero-order valence-corrected chi connectivity index (χ0v) is 24.4. The lowest BCUT2D eigenvalue weighted by molar-refractivity contribution is 0.0675. The Morgan fingerprint density at radius 3 is 1.23 bits per heavy atom. The fourth-order valence-corrected chi connectivity index (χ4v) is 6.22. The fourth-order valence-electron chi connectivity index (χ4n) is 6.22. The molecule has 2 unspecified atom stereocenters. The number of amides is 2. The van der Waals surface area contributed by atoms with Crippen molar-refractivity contribution in [3.05, 3.63) is 167 Å². The molecule has 2 aliphatic rings. The van der Waals surface area contributed by atoms with E-state index in [1.807, 2.05) is 94.7 Å². The molecule has 5 aromatic rings. The average Bonchev–Trinajstić information content (AvgIpc) is 3.08. The van der Waals surface area contributed by atoms with Crippen molar-refractivity contribution in [3.63, 3.8) is 0 Å². The van der Waals surface area contributed by atoms with E-state index in [-0.39, 0.29) is 24.1 Å². The van der Waals surface area contributed by atoms with Gasteiger partial charge >= 0.3 is 0 Å². The molecule has 2 N–H and O–H groups in total. The summed E-state index contributed by atoms with van der Waals surface area (Å²) in [7, 11) is 0. The van der Waals surface area contributed by atoms with Crippen LogP contribution in [-0.4, -0.2) is 34.7 Å². The summed E-state index contributed by atoms with van der Waals surface area (Å²) < 4.78 is 0. The highest BCUT2D eigenvalue weighted by Crippen LogP contribution is 2.36. The molecule has 0 fully saturated rings. The number of hydrogen-bond acceptors (Lipinski definition) is 4. The molecule has 0 radical (unpaired) electrons. The number of carbonyl (C=O) groups is 2. The minimum atomic E-state index is -0.314. The maximum atomic E-state index is 13.8. The van der Waals surface area contributed by atoms with Crippen LogP contribution in [0.2, 0.25) is 0 Å². The van der Waals surface area contributed by atoms with Crippen LogP contribution >= 0.6 is 0 Å². The molecule has 0 aliphatic carbocycles. The van der Waals surface area contributed by atoms with Crippen LogP contribution in [0.3, 0.4) is 0 Å². The fraction of sp³-hybridized carbons (Fsp3) is 0.158. The number of rotatable bonds is 8. The molecule has 218 valence electrons. The minimum absolute atomic E-state index is 0.0209. The first-order chi connectivity index (χ1) is 21.7. The molecule has 0 saturated heterocycles. The van der Waals surface area contributed by atoms with Crippen molar-refractivity contribution >= 4 is 23.2 Å². The van der Waals surface area contributed by atoms with Crippen LogP contribution in [-0.2, 0) is 12.8 Å². The predicted octanol–water partition coefficient (Wildman–Crippen LogP) is 7.31. The van der Waals surface area contributed by atoms with E-state index in [4.69, 9.17) is 0 Å². The third-order valence-corrected chi connectivity index (χ3v) is 8.58. The van der Waals surface area contributed by atoms with Gasteiger partial charge < -0.3 is 20.4 Å². The highest BCUT2D eigenvalue weighted by Gasteiger charge is 2.35. The van der Waals surface area contributed by atoms with E-state index < -0.39 is 0 Å². The van der Waals surface area contributed by atoms with E-state index in [1.165, 1.54) is 11.1 Å². The normalized spacial score (nSPS) is 17.4. The largest absolute Gasteiger partial charge is 0.361 e. The molecule has 2 aliphatic heterocycles. The van der Waals surface area contributed by atoms with Gasteiger partial charge in [-0.15, -0.1) is 0 Å². The highest BCUT2D eigenvalue weighted by atomic mass is 16.2. The molecular formula is C38H34N4O2. The van der Waals surface area contributed by atoms with Crippen LogP contribution in [0.5, 0.6) is 0 Å². The zero-order valence-electron chi connectivity index (χ0n) is 24.4. The molecule has 2 atom stereocenters. The van der Waals surface area contributed by atoms with Gasteiger partial charge in [0.1, 0.15) is 12.3 Å². The maximum absolute atomic E-state index is 13.8. The van der Waals surface area contributed by atoms with Gasteiger partial charge in [0.25, 0.3) is 11.8 Å². The summed E-state index contributed by atoms with van der Waals surface area (Å²) in [6.45, 7) is 1.17. The van der Waals surface area contributed by atoms with Gasteiger partial charge in [0.15, 0.2) is 0 Å². The van der Waals surface area contributed by atoms with Crippen molar-refractivity contribution in [1.82, 2.24) is 9.80 Å². The Bertz CT molecular complexity index is 1640. The van der Waals surface area contributed by atoms with Gasteiger partial charge in [-0.1, -0.05) is 109 Å². The second-order valence-corrected chi connectivity index (χ2v) is 11.3. The molecule has 0 aromatic heterocycles. The van der Waals surface area contributed by atoms with Crippen molar-refractivity contribution in [2.75, 3.05) is 23.7 Å². The Hall–Kier alpha value is -5.36. The molecule has 6 heteroatoms. The Kier molecular flexibility index (Phi) is 7.55. The number of carbonyl (C=O) groups excluding carboxylic acids is 2. The molecule has 7 rings (SSSR count). The second kappa shape index (κ2) is 12.1. The van der Waals surface area contributed by atoms with Crippen LogP contribution < -0.4 is 10.6 Å². The van der Waals surface area contributed by atoms with Crippen LogP contribution in [0.1, 0.15) is 55.3 Å². The van der Waals surface area contributed by atoms with Gasteiger partial charge in [0.05, 0.1) is 11.1 Å². The van der Waals surface area contributed by atoms with Gasteiger partial charge in [-0.05, 0) is 59.4 Å².